The highest BCUT2D eigenvalue weighted by atomic mass is 19.1. The topological polar surface area (TPSA) is 53.0 Å². The van der Waals surface area contributed by atoms with E-state index < -0.39 is 6.10 Å². The van der Waals surface area contributed by atoms with Crippen molar-refractivity contribution in [3.8, 4) is 0 Å². The van der Waals surface area contributed by atoms with Crippen molar-refractivity contribution >= 4 is 5.91 Å². The highest BCUT2D eigenvalue weighted by Gasteiger charge is 2.30. The molecule has 2 aliphatic rings. The SMILES string of the molecule is O=C(C1CCN(CC(O)COCc2ccccc2F)CC1)N1CCCC1. The summed E-state index contributed by atoms with van der Waals surface area (Å²) < 4.78 is 19.0. The second kappa shape index (κ2) is 9.44. The maximum atomic E-state index is 13.5. The molecule has 5 nitrogen and oxygen atoms in total. The van der Waals surface area contributed by atoms with Crippen molar-refractivity contribution in [3.63, 3.8) is 0 Å². The number of benzene rings is 1. The maximum Gasteiger partial charge on any atom is 0.225 e. The summed E-state index contributed by atoms with van der Waals surface area (Å²) in [5.74, 6) is 0.168. The Labute approximate surface area is 154 Å². The minimum absolute atomic E-state index is 0.138. The molecule has 3 rings (SSSR count). The average molecular weight is 364 g/mol. The summed E-state index contributed by atoms with van der Waals surface area (Å²) in [5, 5.41) is 10.2. The van der Waals surface area contributed by atoms with Crippen LogP contribution >= 0.6 is 0 Å². The monoisotopic (exact) mass is 364 g/mol. The first-order valence-corrected chi connectivity index (χ1v) is 9.64. The number of nitrogens with zero attached hydrogens (tertiary/aromatic N) is 2. The van der Waals surface area contributed by atoms with Crippen LogP contribution < -0.4 is 0 Å². The number of rotatable bonds is 7. The van der Waals surface area contributed by atoms with Crippen molar-refractivity contribution in [1.29, 1.82) is 0 Å². The van der Waals surface area contributed by atoms with Crippen molar-refractivity contribution in [1.82, 2.24) is 9.80 Å². The van der Waals surface area contributed by atoms with Crippen LogP contribution in [0.25, 0.3) is 0 Å². The van der Waals surface area contributed by atoms with Crippen molar-refractivity contribution in [3.05, 3.63) is 35.6 Å². The Bertz CT molecular complexity index is 584. The standard InChI is InChI=1S/C20H29FN2O3/c21-19-6-2-1-5-17(19)14-26-15-18(24)13-22-11-7-16(8-12-22)20(25)23-9-3-4-10-23/h1-2,5-6,16,18,24H,3-4,7-15H2. The van der Waals surface area contributed by atoms with Gasteiger partial charge in [0, 0.05) is 31.1 Å². The Morgan fingerprint density at radius 2 is 1.88 bits per heavy atom. The molecule has 1 aromatic rings. The zero-order valence-corrected chi connectivity index (χ0v) is 15.3. The normalized spacial score (nSPS) is 20.5. The number of aliphatic hydroxyl groups excluding tert-OH is 1. The Morgan fingerprint density at radius 3 is 2.58 bits per heavy atom. The summed E-state index contributed by atoms with van der Waals surface area (Å²) in [4.78, 5) is 16.6. The molecular weight excluding hydrogens is 335 g/mol. The van der Waals surface area contributed by atoms with Gasteiger partial charge in [-0.2, -0.15) is 0 Å². The van der Waals surface area contributed by atoms with E-state index in [0.29, 0.717) is 18.0 Å². The number of β-amino-alcohol motifs (C(OH)–C–C–N with tert-alkyl or cyclic N) is 1. The van der Waals surface area contributed by atoms with E-state index in [1.165, 1.54) is 6.07 Å². The van der Waals surface area contributed by atoms with E-state index in [1.54, 1.807) is 18.2 Å². The first kappa shape index (κ1) is 19.3. The number of amides is 1. The number of hydrogen-bond donors (Lipinski definition) is 1. The van der Waals surface area contributed by atoms with Gasteiger partial charge in [0.25, 0.3) is 0 Å². The van der Waals surface area contributed by atoms with Crippen LogP contribution in [0, 0.1) is 11.7 Å². The molecule has 0 radical (unpaired) electrons. The molecule has 1 aromatic carbocycles. The molecule has 2 heterocycles. The third-order valence-electron chi connectivity index (χ3n) is 5.35. The number of hydrogen-bond acceptors (Lipinski definition) is 4. The number of halogens is 1. The molecule has 1 N–H and O–H groups in total. The van der Waals surface area contributed by atoms with Gasteiger partial charge in [-0.25, -0.2) is 4.39 Å². The molecule has 26 heavy (non-hydrogen) atoms. The molecule has 0 aliphatic carbocycles. The Kier molecular flexibility index (Phi) is 7.00. The van der Waals surface area contributed by atoms with Crippen LogP contribution in [0.3, 0.4) is 0 Å². The van der Waals surface area contributed by atoms with Gasteiger partial charge in [-0.15, -0.1) is 0 Å². The van der Waals surface area contributed by atoms with Crippen LogP contribution in [0.15, 0.2) is 24.3 Å². The zero-order chi connectivity index (χ0) is 18.4. The van der Waals surface area contributed by atoms with E-state index in [4.69, 9.17) is 4.74 Å². The lowest BCUT2D eigenvalue weighted by Crippen LogP contribution is -2.44. The lowest BCUT2D eigenvalue weighted by Gasteiger charge is -2.34. The molecule has 0 spiro atoms. The van der Waals surface area contributed by atoms with Gasteiger partial charge in [-0.05, 0) is 44.8 Å². The zero-order valence-electron chi connectivity index (χ0n) is 15.3. The molecule has 0 aromatic heterocycles. The molecule has 0 bridgehead atoms. The van der Waals surface area contributed by atoms with Crippen LogP contribution in [-0.4, -0.2) is 66.2 Å². The third kappa shape index (κ3) is 5.25. The number of aliphatic hydroxyl groups is 1. The van der Waals surface area contributed by atoms with Gasteiger partial charge in [-0.3, -0.25) is 4.79 Å². The summed E-state index contributed by atoms with van der Waals surface area (Å²) in [5.41, 5.74) is 0.501. The largest absolute Gasteiger partial charge is 0.389 e. The molecule has 6 heteroatoms. The molecule has 0 saturated carbocycles. The molecular formula is C20H29FN2O3. The third-order valence-corrected chi connectivity index (χ3v) is 5.35. The molecule has 2 saturated heterocycles. The second-order valence-corrected chi connectivity index (χ2v) is 7.37. The maximum absolute atomic E-state index is 13.5. The van der Waals surface area contributed by atoms with Crippen LogP contribution in [0.2, 0.25) is 0 Å². The number of ether oxygens (including phenoxy) is 1. The molecule has 1 atom stereocenters. The van der Waals surface area contributed by atoms with Gasteiger partial charge in [0.05, 0.1) is 19.3 Å². The average Bonchev–Trinajstić information content (AvgIpc) is 3.18. The van der Waals surface area contributed by atoms with E-state index in [1.807, 2.05) is 4.90 Å². The predicted molar refractivity (Wildman–Crippen MR) is 97.0 cm³/mol. The summed E-state index contributed by atoms with van der Waals surface area (Å²) in [6.07, 6.45) is 3.37. The molecule has 2 fully saturated rings. The van der Waals surface area contributed by atoms with E-state index in [-0.39, 0.29) is 24.9 Å². The first-order chi connectivity index (χ1) is 12.6. The Morgan fingerprint density at radius 1 is 1.19 bits per heavy atom. The summed E-state index contributed by atoms with van der Waals surface area (Å²) >= 11 is 0. The molecule has 1 unspecified atom stereocenters. The van der Waals surface area contributed by atoms with Crippen LogP contribution in [-0.2, 0) is 16.1 Å². The van der Waals surface area contributed by atoms with Crippen LogP contribution in [0.4, 0.5) is 4.39 Å². The van der Waals surface area contributed by atoms with E-state index in [0.717, 1.165) is 51.9 Å². The highest BCUT2D eigenvalue weighted by Crippen LogP contribution is 2.22. The van der Waals surface area contributed by atoms with Crippen molar-refractivity contribution in [2.75, 3.05) is 39.3 Å². The number of carbonyl (C=O) groups is 1. The van der Waals surface area contributed by atoms with Crippen molar-refractivity contribution in [2.45, 2.75) is 38.4 Å². The van der Waals surface area contributed by atoms with Gasteiger partial charge in [0.15, 0.2) is 0 Å². The highest BCUT2D eigenvalue weighted by molar-refractivity contribution is 5.79. The molecule has 144 valence electrons. The quantitative estimate of drug-likeness (QED) is 0.804. The van der Waals surface area contributed by atoms with E-state index >= 15 is 0 Å². The summed E-state index contributed by atoms with van der Waals surface area (Å²) in [6, 6.07) is 6.50. The lowest BCUT2D eigenvalue weighted by molar-refractivity contribution is -0.136. The number of likely N-dealkylation sites (tertiary alicyclic amines) is 2. The Balaban J connectivity index is 1.33. The van der Waals surface area contributed by atoms with E-state index in [2.05, 4.69) is 4.90 Å². The fourth-order valence-corrected chi connectivity index (χ4v) is 3.83. The van der Waals surface area contributed by atoms with Gasteiger partial charge < -0.3 is 19.6 Å². The minimum Gasteiger partial charge on any atom is -0.389 e. The first-order valence-electron chi connectivity index (χ1n) is 9.64. The summed E-state index contributed by atoms with van der Waals surface area (Å²) in [7, 11) is 0. The Hall–Kier alpha value is -1.50. The van der Waals surface area contributed by atoms with Gasteiger partial charge in [0.1, 0.15) is 5.82 Å². The minimum atomic E-state index is -0.604. The lowest BCUT2D eigenvalue weighted by atomic mass is 9.95. The second-order valence-electron chi connectivity index (χ2n) is 7.37. The van der Waals surface area contributed by atoms with Crippen molar-refractivity contribution < 1.29 is 19.0 Å². The predicted octanol–water partition coefficient (Wildman–Crippen LogP) is 2.04. The van der Waals surface area contributed by atoms with Crippen molar-refractivity contribution in [2.24, 2.45) is 5.92 Å². The van der Waals surface area contributed by atoms with E-state index in [9.17, 15) is 14.3 Å². The fraction of sp³-hybridized carbons (Fsp3) is 0.650. The molecule has 1 amide bonds. The smallest absolute Gasteiger partial charge is 0.225 e. The molecule has 2 aliphatic heterocycles. The van der Waals surface area contributed by atoms with Gasteiger partial charge >= 0.3 is 0 Å². The van der Waals surface area contributed by atoms with Crippen LogP contribution in [0.5, 0.6) is 0 Å². The number of piperidine rings is 1. The fourth-order valence-electron chi connectivity index (χ4n) is 3.83. The van der Waals surface area contributed by atoms with Gasteiger partial charge in [0.2, 0.25) is 5.91 Å². The number of carbonyl (C=O) groups excluding carboxylic acids is 1. The summed E-state index contributed by atoms with van der Waals surface area (Å²) in [6.45, 7) is 4.36. The van der Waals surface area contributed by atoms with Gasteiger partial charge in [-0.1, -0.05) is 18.2 Å². The van der Waals surface area contributed by atoms with Crippen LogP contribution in [0.1, 0.15) is 31.2 Å².